The number of benzene rings is 2. The zero-order chi connectivity index (χ0) is 24.7. The minimum absolute atomic E-state index is 0.123. The number of carbonyl (C=O) groups is 1. The maximum atomic E-state index is 13.4. The van der Waals surface area contributed by atoms with Crippen LogP contribution >= 0.6 is 0 Å². The SMILES string of the molecule is CC(C)n1nc(C(=O)N2CCN(S(=O)(=O)c3ccc4c(c3)OCCO4)CC2)c2ccccc2c1=O. The highest BCUT2D eigenvalue weighted by Crippen LogP contribution is 2.33. The fourth-order valence-electron chi connectivity index (χ4n) is 4.33. The Kier molecular flexibility index (Phi) is 5.97. The van der Waals surface area contributed by atoms with E-state index in [1.807, 2.05) is 13.8 Å². The van der Waals surface area contributed by atoms with Crippen molar-refractivity contribution >= 4 is 26.7 Å². The number of piperazine rings is 1. The second-order valence-corrected chi connectivity index (χ2v) is 10.7. The lowest BCUT2D eigenvalue weighted by atomic mass is 10.1. The van der Waals surface area contributed by atoms with Gasteiger partial charge >= 0.3 is 0 Å². The molecular formula is C24H26N4O6S. The zero-order valence-corrected chi connectivity index (χ0v) is 20.3. The summed E-state index contributed by atoms with van der Waals surface area (Å²) in [6.07, 6.45) is 0. The Bertz CT molecular complexity index is 1460. The summed E-state index contributed by atoms with van der Waals surface area (Å²) in [6, 6.07) is 11.3. The Morgan fingerprint density at radius 1 is 0.943 bits per heavy atom. The van der Waals surface area contributed by atoms with Crippen LogP contribution in [0.5, 0.6) is 11.5 Å². The third kappa shape index (κ3) is 4.14. The van der Waals surface area contributed by atoms with Crippen LogP contribution in [0.2, 0.25) is 0 Å². The molecule has 0 unspecified atom stereocenters. The van der Waals surface area contributed by atoms with Crippen molar-refractivity contribution in [2.24, 2.45) is 0 Å². The molecule has 1 amide bonds. The maximum absolute atomic E-state index is 13.4. The zero-order valence-electron chi connectivity index (χ0n) is 19.5. The molecule has 35 heavy (non-hydrogen) atoms. The molecule has 0 saturated carbocycles. The molecule has 1 fully saturated rings. The average molecular weight is 499 g/mol. The number of nitrogens with zero attached hydrogens (tertiary/aromatic N) is 4. The molecule has 2 aromatic carbocycles. The fourth-order valence-corrected chi connectivity index (χ4v) is 5.77. The molecule has 0 spiro atoms. The van der Waals surface area contributed by atoms with Crippen LogP contribution in [-0.2, 0) is 10.0 Å². The quantitative estimate of drug-likeness (QED) is 0.540. The Balaban J connectivity index is 1.37. The van der Waals surface area contributed by atoms with E-state index in [0.29, 0.717) is 35.5 Å². The van der Waals surface area contributed by atoms with E-state index in [-0.39, 0.29) is 54.3 Å². The standard InChI is InChI=1S/C24H26N4O6S/c1-16(2)28-23(29)19-6-4-3-5-18(19)22(25-28)24(30)26-9-11-27(12-10-26)35(31,32)17-7-8-20-21(15-17)34-14-13-33-20/h3-8,15-16H,9-14H2,1-2H3. The Morgan fingerprint density at radius 2 is 1.60 bits per heavy atom. The van der Waals surface area contributed by atoms with Crippen molar-refractivity contribution in [3.63, 3.8) is 0 Å². The number of carbonyl (C=O) groups excluding carboxylic acids is 1. The van der Waals surface area contributed by atoms with Gasteiger partial charge in [0.1, 0.15) is 13.2 Å². The highest BCUT2D eigenvalue weighted by molar-refractivity contribution is 7.89. The first-order valence-electron chi connectivity index (χ1n) is 11.5. The fraction of sp³-hybridized carbons (Fsp3) is 0.375. The van der Waals surface area contributed by atoms with E-state index >= 15 is 0 Å². The van der Waals surface area contributed by atoms with E-state index < -0.39 is 10.0 Å². The lowest BCUT2D eigenvalue weighted by Crippen LogP contribution is -2.50. The number of fused-ring (bicyclic) bond motifs is 2. The topological polar surface area (TPSA) is 111 Å². The molecule has 0 aliphatic carbocycles. The van der Waals surface area contributed by atoms with Gasteiger partial charge < -0.3 is 14.4 Å². The second-order valence-electron chi connectivity index (χ2n) is 8.74. The average Bonchev–Trinajstić information content (AvgIpc) is 2.88. The smallest absolute Gasteiger partial charge is 0.275 e. The minimum Gasteiger partial charge on any atom is -0.486 e. The third-order valence-electron chi connectivity index (χ3n) is 6.20. The molecule has 3 heterocycles. The van der Waals surface area contributed by atoms with Crippen LogP contribution in [0, 0.1) is 0 Å². The van der Waals surface area contributed by atoms with E-state index in [4.69, 9.17) is 9.47 Å². The normalized spacial score (nSPS) is 16.6. The van der Waals surface area contributed by atoms with Crippen molar-refractivity contribution in [2.45, 2.75) is 24.8 Å². The largest absolute Gasteiger partial charge is 0.486 e. The van der Waals surface area contributed by atoms with Crippen LogP contribution in [0.25, 0.3) is 10.8 Å². The second kappa shape index (κ2) is 8.97. The van der Waals surface area contributed by atoms with Gasteiger partial charge in [0.25, 0.3) is 11.5 Å². The molecule has 2 aliphatic rings. The summed E-state index contributed by atoms with van der Waals surface area (Å²) in [5.41, 5.74) is -0.0560. The van der Waals surface area contributed by atoms with E-state index in [1.165, 1.54) is 21.1 Å². The van der Waals surface area contributed by atoms with Gasteiger partial charge in [0.15, 0.2) is 17.2 Å². The van der Waals surface area contributed by atoms with Gasteiger partial charge in [0, 0.05) is 37.6 Å². The third-order valence-corrected chi connectivity index (χ3v) is 8.09. The van der Waals surface area contributed by atoms with Gasteiger partial charge in [-0.1, -0.05) is 18.2 Å². The van der Waals surface area contributed by atoms with Crippen LogP contribution in [0.15, 0.2) is 52.2 Å². The molecule has 11 heteroatoms. The summed E-state index contributed by atoms with van der Waals surface area (Å²) < 4.78 is 40.1. The van der Waals surface area contributed by atoms with Gasteiger partial charge in [-0.05, 0) is 32.0 Å². The first-order valence-corrected chi connectivity index (χ1v) is 12.9. The van der Waals surface area contributed by atoms with Gasteiger partial charge in [-0.2, -0.15) is 9.40 Å². The maximum Gasteiger partial charge on any atom is 0.275 e. The summed E-state index contributed by atoms with van der Waals surface area (Å²) in [6.45, 7) is 5.16. The number of aromatic nitrogens is 2. The van der Waals surface area contributed by atoms with Crippen molar-refractivity contribution in [3.8, 4) is 11.5 Å². The molecule has 1 aromatic heterocycles. The number of hydrogen-bond acceptors (Lipinski definition) is 7. The van der Waals surface area contributed by atoms with Crippen LogP contribution in [0.1, 0.15) is 30.4 Å². The number of ether oxygens (including phenoxy) is 2. The van der Waals surface area contributed by atoms with Gasteiger partial charge in [-0.3, -0.25) is 9.59 Å². The van der Waals surface area contributed by atoms with Gasteiger partial charge in [0.05, 0.1) is 16.3 Å². The van der Waals surface area contributed by atoms with E-state index in [0.717, 1.165) is 0 Å². The van der Waals surface area contributed by atoms with Crippen molar-refractivity contribution < 1.29 is 22.7 Å². The van der Waals surface area contributed by atoms with Crippen LogP contribution in [0.3, 0.4) is 0 Å². The summed E-state index contributed by atoms with van der Waals surface area (Å²) >= 11 is 0. The molecule has 184 valence electrons. The van der Waals surface area contributed by atoms with Crippen LogP contribution < -0.4 is 15.0 Å². The Labute approximate surface area is 202 Å². The van der Waals surface area contributed by atoms with E-state index in [9.17, 15) is 18.0 Å². The predicted molar refractivity (Wildman–Crippen MR) is 128 cm³/mol. The lowest BCUT2D eigenvalue weighted by Gasteiger charge is -2.34. The van der Waals surface area contributed by atoms with Crippen LogP contribution in [-0.4, -0.2) is 72.7 Å². The van der Waals surface area contributed by atoms with Crippen LogP contribution in [0.4, 0.5) is 0 Å². The molecule has 0 bridgehead atoms. The molecule has 2 aliphatic heterocycles. The molecular weight excluding hydrogens is 472 g/mol. The van der Waals surface area contributed by atoms with E-state index in [2.05, 4.69) is 5.10 Å². The number of sulfonamides is 1. The lowest BCUT2D eigenvalue weighted by molar-refractivity contribution is 0.0691. The summed E-state index contributed by atoms with van der Waals surface area (Å²) in [4.78, 5) is 27.9. The summed E-state index contributed by atoms with van der Waals surface area (Å²) in [7, 11) is -3.77. The number of hydrogen-bond donors (Lipinski definition) is 0. The molecule has 0 N–H and O–H groups in total. The van der Waals surface area contributed by atoms with Crippen molar-refractivity contribution in [2.75, 3.05) is 39.4 Å². The van der Waals surface area contributed by atoms with Gasteiger partial charge in [-0.15, -0.1) is 0 Å². The predicted octanol–water partition coefficient (Wildman–Crippen LogP) is 1.90. The molecule has 0 radical (unpaired) electrons. The van der Waals surface area contributed by atoms with E-state index in [1.54, 1.807) is 35.2 Å². The number of rotatable bonds is 4. The summed E-state index contributed by atoms with van der Waals surface area (Å²) in [5, 5.41) is 5.31. The minimum atomic E-state index is -3.77. The van der Waals surface area contributed by atoms with Gasteiger partial charge in [0.2, 0.25) is 10.0 Å². The van der Waals surface area contributed by atoms with Crippen molar-refractivity contribution in [1.82, 2.24) is 19.0 Å². The van der Waals surface area contributed by atoms with Crippen molar-refractivity contribution in [3.05, 3.63) is 58.5 Å². The molecule has 1 saturated heterocycles. The molecule has 10 nitrogen and oxygen atoms in total. The highest BCUT2D eigenvalue weighted by Gasteiger charge is 2.32. The molecule has 3 aromatic rings. The monoisotopic (exact) mass is 498 g/mol. The first kappa shape index (κ1) is 23.3. The number of amides is 1. The molecule has 0 atom stereocenters. The Hall–Kier alpha value is -3.44. The summed E-state index contributed by atoms with van der Waals surface area (Å²) in [5.74, 6) is 0.601. The van der Waals surface area contributed by atoms with Crippen molar-refractivity contribution in [1.29, 1.82) is 0 Å². The molecule has 5 rings (SSSR count). The Morgan fingerprint density at radius 3 is 2.29 bits per heavy atom. The highest BCUT2D eigenvalue weighted by atomic mass is 32.2. The van der Waals surface area contributed by atoms with Gasteiger partial charge in [-0.25, -0.2) is 13.1 Å². The first-order chi connectivity index (χ1) is 16.8.